The lowest BCUT2D eigenvalue weighted by Gasteiger charge is -1.95. The van der Waals surface area contributed by atoms with Crippen molar-refractivity contribution in [1.82, 2.24) is 14.8 Å². The van der Waals surface area contributed by atoms with Gasteiger partial charge in [-0.05, 0) is 0 Å². The van der Waals surface area contributed by atoms with Crippen molar-refractivity contribution >= 4 is 22.6 Å². The van der Waals surface area contributed by atoms with Gasteiger partial charge < -0.3 is 0 Å². The minimum atomic E-state index is -2.36. The van der Waals surface area contributed by atoms with E-state index >= 15 is 0 Å². The number of halogens is 3. The van der Waals surface area contributed by atoms with Crippen LogP contribution in [-0.4, -0.2) is 21.2 Å². The van der Waals surface area contributed by atoms with Crippen LogP contribution in [0.3, 0.4) is 0 Å². The Labute approximate surface area is 69.6 Å². The fraction of sp³-hybridized carbons (Fsp3) is 0.500. The van der Waals surface area contributed by atoms with E-state index in [1.807, 2.05) is 22.6 Å². The predicted octanol–water partition coefficient (Wildman–Crippen LogP) is 1.15. The van der Waals surface area contributed by atoms with E-state index in [4.69, 9.17) is 0 Å². The Morgan fingerprint density at radius 3 is 2.80 bits per heavy atom. The fourth-order valence-corrected chi connectivity index (χ4v) is 0.903. The monoisotopic (exact) mass is 259 g/mol. The van der Waals surface area contributed by atoms with Gasteiger partial charge >= 0.3 is 0 Å². The first-order valence-corrected chi connectivity index (χ1v) is 3.59. The maximum absolute atomic E-state index is 11.6. The van der Waals surface area contributed by atoms with Crippen LogP contribution in [0, 0.1) is 3.83 Å². The molecular weight excluding hydrogens is 255 g/mol. The van der Waals surface area contributed by atoms with E-state index in [9.17, 15) is 8.78 Å². The minimum absolute atomic E-state index is 0.379. The molecule has 0 atom stereocenters. The Bertz CT molecular complexity index is 212. The molecule has 0 fully saturated rings. The minimum Gasteiger partial charge on any atom is -0.246 e. The average molecular weight is 259 g/mol. The summed E-state index contributed by atoms with van der Waals surface area (Å²) in [6.45, 7) is -0.379. The molecule has 0 spiro atoms. The lowest BCUT2D eigenvalue weighted by molar-refractivity contribution is 0.121. The number of rotatable bonds is 2. The molecule has 0 aliphatic rings. The molecule has 0 N–H and O–H groups in total. The van der Waals surface area contributed by atoms with Crippen LogP contribution in [0.4, 0.5) is 8.78 Å². The van der Waals surface area contributed by atoms with Crippen molar-refractivity contribution in [1.29, 1.82) is 0 Å². The Morgan fingerprint density at radius 2 is 2.40 bits per heavy atom. The molecule has 3 nitrogen and oxygen atoms in total. The standard InChI is InChI=1S/C4H4F2IN3/c5-3(6)1-10-2-8-4(7)9-10/h2-3H,1H2. The van der Waals surface area contributed by atoms with Crippen molar-refractivity contribution in [2.75, 3.05) is 0 Å². The number of alkyl halides is 2. The van der Waals surface area contributed by atoms with Crippen molar-refractivity contribution in [3.05, 3.63) is 10.2 Å². The molecule has 0 saturated heterocycles. The molecule has 0 saturated carbocycles. The van der Waals surface area contributed by atoms with Crippen molar-refractivity contribution < 1.29 is 8.78 Å². The maximum Gasteiger partial charge on any atom is 0.257 e. The van der Waals surface area contributed by atoms with Gasteiger partial charge in [0.25, 0.3) is 6.43 Å². The zero-order valence-corrected chi connectivity index (χ0v) is 6.99. The van der Waals surface area contributed by atoms with Crippen LogP contribution >= 0.6 is 22.6 Å². The summed E-state index contributed by atoms with van der Waals surface area (Å²) in [5.74, 6) is 0. The SMILES string of the molecule is FC(F)Cn1cnc(I)n1. The van der Waals surface area contributed by atoms with Gasteiger partial charge in [-0.15, -0.1) is 5.10 Å². The van der Waals surface area contributed by atoms with Gasteiger partial charge in [0.1, 0.15) is 12.9 Å². The largest absolute Gasteiger partial charge is 0.257 e. The highest BCUT2D eigenvalue weighted by Gasteiger charge is 2.04. The molecule has 0 unspecified atom stereocenters. The number of hydrogen-bond donors (Lipinski definition) is 0. The molecule has 0 bridgehead atoms. The summed E-state index contributed by atoms with van der Waals surface area (Å²) in [4.78, 5) is 3.67. The third kappa shape index (κ3) is 2.16. The van der Waals surface area contributed by atoms with Gasteiger partial charge in [-0.2, -0.15) is 0 Å². The van der Waals surface area contributed by atoms with E-state index < -0.39 is 6.43 Å². The Balaban J connectivity index is 2.58. The molecule has 1 rings (SSSR count). The van der Waals surface area contributed by atoms with Crippen molar-refractivity contribution in [3.63, 3.8) is 0 Å². The highest BCUT2D eigenvalue weighted by atomic mass is 127. The normalized spacial score (nSPS) is 10.8. The molecule has 0 aromatic carbocycles. The van der Waals surface area contributed by atoms with E-state index in [0.29, 0.717) is 3.83 Å². The maximum atomic E-state index is 11.6. The third-order valence-corrected chi connectivity index (χ3v) is 1.33. The molecule has 0 aliphatic carbocycles. The van der Waals surface area contributed by atoms with Crippen molar-refractivity contribution in [2.24, 2.45) is 0 Å². The van der Waals surface area contributed by atoms with E-state index in [-0.39, 0.29) is 6.54 Å². The van der Waals surface area contributed by atoms with Crippen LogP contribution in [0.2, 0.25) is 0 Å². The van der Waals surface area contributed by atoms with Gasteiger partial charge in [-0.1, -0.05) is 0 Å². The van der Waals surface area contributed by atoms with E-state index in [1.165, 1.54) is 6.33 Å². The molecule has 1 aromatic rings. The second-order valence-electron chi connectivity index (χ2n) is 1.63. The molecule has 10 heavy (non-hydrogen) atoms. The first-order chi connectivity index (χ1) is 4.68. The fourth-order valence-electron chi connectivity index (χ4n) is 0.501. The number of nitrogens with zero attached hydrogens (tertiary/aromatic N) is 3. The van der Waals surface area contributed by atoms with Gasteiger partial charge in [-0.3, -0.25) is 0 Å². The highest BCUT2D eigenvalue weighted by Crippen LogP contribution is 1.98. The van der Waals surface area contributed by atoms with Crippen LogP contribution in [0.1, 0.15) is 0 Å². The molecule has 0 aliphatic heterocycles. The summed E-state index contributed by atoms with van der Waals surface area (Å²) in [5, 5.41) is 3.66. The van der Waals surface area contributed by atoms with Crippen LogP contribution < -0.4 is 0 Å². The smallest absolute Gasteiger partial charge is 0.246 e. The molecule has 0 amide bonds. The second-order valence-corrected chi connectivity index (χ2v) is 2.59. The average Bonchev–Trinajstić information content (AvgIpc) is 2.13. The summed E-state index contributed by atoms with van der Waals surface area (Å²) in [6.07, 6.45) is -1.08. The summed E-state index contributed by atoms with van der Waals surface area (Å²) < 4.78 is 24.9. The second kappa shape index (κ2) is 3.22. The van der Waals surface area contributed by atoms with Crippen LogP contribution in [0.15, 0.2) is 6.33 Å². The molecule has 1 heterocycles. The zero-order valence-electron chi connectivity index (χ0n) is 4.84. The lowest BCUT2D eigenvalue weighted by atomic mass is 10.7. The summed E-state index contributed by atoms with van der Waals surface area (Å²) in [7, 11) is 0. The zero-order chi connectivity index (χ0) is 7.56. The molecular formula is C4H4F2IN3. The first kappa shape index (κ1) is 7.83. The lowest BCUT2D eigenvalue weighted by Crippen LogP contribution is -2.06. The summed E-state index contributed by atoms with van der Waals surface area (Å²) in [6, 6.07) is 0. The van der Waals surface area contributed by atoms with E-state index in [1.54, 1.807) is 0 Å². The first-order valence-electron chi connectivity index (χ1n) is 2.51. The van der Waals surface area contributed by atoms with Crippen LogP contribution in [0.5, 0.6) is 0 Å². The van der Waals surface area contributed by atoms with Crippen molar-refractivity contribution in [2.45, 2.75) is 13.0 Å². The highest BCUT2D eigenvalue weighted by molar-refractivity contribution is 14.1. The number of hydrogen-bond acceptors (Lipinski definition) is 2. The van der Waals surface area contributed by atoms with Gasteiger partial charge in [0.2, 0.25) is 3.83 Å². The van der Waals surface area contributed by atoms with Gasteiger partial charge in [0.15, 0.2) is 0 Å². The molecule has 6 heteroatoms. The topological polar surface area (TPSA) is 30.7 Å². The molecule has 0 radical (unpaired) electrons. The van der Waals surface area contributed by atoms with Crippen LogP contribution in [0.25, 0.3) is 0 Å². The van der Waals surface area contributed by atoms with Gasteiger partial charge in [0.05, 0.1) is 0 Å². The molecule has 1 aromatic heterocycles. The Morgan fingerprint density at radius 1 is 1.70 bits per heavy atom. The molecule has 56 valence electrons. The van der Waals surface area contributed by atoms with Gasteiger partial charge in [0, 0.05) is 22.6 Å². The van der Waals surface area contributed by atoms with E-state index in [0.717, 1.165) is 4.68 Å². The van der Waals surface area contributed by atoms with Gasteiger partial charge in [-0.25, -0.2) is 18.4 Å². The Hall–Kier alpha value is -0.270. The third-order valence-electron chi connectivity index (χ3n) is 0.834. The summed E-state index contributed by atoms with van der Waals surface area (Å²) in [5.41, 5.74) is 0. The Kier molecular flexibility index (Phi) is 2.52. The predicted molar refractivity (Wildman–Crippen MR) is 38.7 cm³/mol. The van der Waals surface area contributed by atoms with E-state index in [2.05, 4.69) is 10.1 Å². The number of aromatic nitrogens is 3. The summed E-state index contributed by atoms with van der Waals surface area (Å²) >= 11 is 1.86. The van der Waals surface area contributed by atoms with Crippen LogP contribution in [-0.2, 0) is 6.54 Å². The van der Waals surface area contributed by atoms with Crippen molar-refractivity contribution in [3.8, 4) is 0 Å². The quantitative estimate of drug-likeness (QED) is 0.746.